The number of carbonyl (C=O) groups is 2. The molecule has 6 nitrogen and oxygen atoms in total. The van der Waals surface area contributed by atoms with Crippen LogP contribution < -0.4 is 10.1 Å². The maximum atomic E-state index is 13.7. The molecule has 1 aliphatic heterocycles. The van der Waals surface area contributed by atoms with Crippen molar-refractivity contribution in [2.75, 3.05) is 25.0 Å². The highest BCUT2D eigenvalue weighted by Gasteiger charge is 2.26. The number of hydrogen-bond acceptors (Lipinski definition) is 4. The van der Waals surface area contributed by atoms with Crippen molar-refractivity contribution < 1.29 is 19.1 Å². The van der Waals surface area contributed by atoms with Crippen molar-refractivity contribution in [3.63, 3.8) is 0 Å². The van der Waals surface area contributed by atoms with Gasteiger partial charge in [0.25, 0.3) is 5.91 Å². The lowest BCUT2D eigenvalue weighted by molar-refractivity contribution is -0.117. The van der Waals surface area contributed by atoms with Gasteiger partial charge in [0.15, 0.2) is 0 Å². The van der Waals surface area contributed by atoms with Crippen molar-refractivity contribution in [3.05, 3.63) is 95.1 Å². The number of ether oxygens (including phenoxy) is 2. The highest BCUT2D eigenvalue weighted by molar-refractivity contribution is 6.00. The molecule has 1 N–H and O–H groups in total. The molecule has 2 amide bonds. The second-order valence-electron chi connectivity index (χ2n) is 8.88. The topological polar surface area (TPSA) is 67.9 Å². The summed E-state index contributed by atoms with van der Waals surface area (Å²) in [6.45, 7) is 5.24. The van der Waals surface area contributed by atoms with Gasteiger partial charge in [-0.05, 0) is 62.1 Å². The van der Waals surface area contributed by atoms with Gasteiger partial charge in [-0.3, -0.25) is 9.59 Å². The fraction of sp³-hybridized carbons (Fsp3) is 0.310. The SMILES string of the molecule is Cc1cccc(NC(=O)CN(CC2CCCO2)C(=O)c2ccccc2COc2ccccc2)c1C. The Bertz CT molecular complexity index is 1160. The summed E-state index contributed by atoms with van der Waals surface area (Å²) >= 11 is 0. The molecule has 1 unspecified atom stereocenters. The van der Waals surface area contributed by atoms with E-state index in [1.165, 1.54) is 0 Å². The number of aryl methyl sites for hydroxylation is 1. The molecule has 1 atom stereocenters. The molecule has 6 heteroatoms. The molecule has 1 saturated heterocycles. The minimum Gasteiger partial charge on any atom is -0.489 e. The Morgan fingerprint density at radius 3 is 2.54 bits per heavy atom. The van der Waals surface area contributed by atoms with Gasteiger partial charge >= 0.3 is 0 Å². The second-order valence-corrected chi connectivity index (χ2v) is 8.88. The second kappa shape index (κ2) is 11.7. The smallest absolute Gasteiger partial charge is 0.254 e. The first-order chi connectivity index (χ1) is 17.0. The Morgan fingerprint density at radius 1 is 1.00 bits per heavy atom. The molecule has 0 aliphatic carbocycles. The predicted octanol–water partition coefficient (Wildman–Crippen LogP) is 5.14. The zero-order chi connectivity index (χ0) is 24.6. The van der Waals surface area contributed by atoms with Crippen LogP contribution in [-0.2, 0) is 16.1 Å². The van der Waals surface area contributed by atoms with Crippen molar-refractivity contribution >= 4 is 17.5 Å². The number of rotatable bonds is 9. The molecule has 1 aliphatic rings. The van der Waals surface area contributed by atoms with Gasteiger partial charge in [-0.25, -0.2) is 0 Å². The Hall–Kier alpha value is -3.64. The van der Waals surface area contributed by atoms with E-state index in [4.69, 9.17) is 9.47 Å². The summed E-state index contributed by atoms with van der Waals surface area (Å²) in [6, 6.07) is 22.7. The highest BCUT2D eigenvalue weighted by Crippen LogP contribution is 2.21. The zero-order valence-electron chi connectivity index (χ0n) is 20.3. The van der Waals surface area contributed by atoms with E-state index in [1.54, 1.807) is 11.0 Å². The number of anilines is 1. The first-order valence-electron chi connectivity index (χ1n) is 12.0. The maximum absolute atomic E-state index is 13.7. The van der Waals surface area contributed by atoms with E-state index in [2.05, 4.69) is 5.32 Å². The van der Waals surface area contributed by atoms with Crippen LogP contribution in [0.25, 0.3) is 0 Å². The Labute approximate surface area is 206 Å². The summed E-state index contributed by atoms with van der Waals surface area (Å²) in [5, 5.41) is 2.98. The quantitative estimate of drug-likeness (QED) is 0.468. The highest BCUT2D eigenvalue weighted by atomic mass is 16.5. The van der Waals surface area contributed by atoms with Crippen molar-refractivity contribution in [2.45, 2.75) is 39.4 Å². The fourth-order valence-corrected chi connectivity index (χ4v) is 4.21. The molecule has 1 heterocycles. The summed E-state index contributed by atoms with van der Waals surface area (Å²) < 4.78 is 11.7. The number of carbonyl (C=O) groups excluding carboxylic acids is 2. The van der Waals surface area contributed by atoms with E-state index in [0.29, 0.717) is 18.7 Å². The lowest BCUT2D eigenvalue weighted by atomic mass is 10.1. The molecular formula is C29H32N2O4. The molecule has 0 bridgehead atoms. The van der Waals surface area contributed by atoms with Gasteiger partial charge in [-0.15, -0.1) is 0 Å². The largest absolute Gasteiger partial charge is 0.489 e. The van der Waals surface area contributed by atoms with Crippen LogP contribution in [0.4, 0.5) is 5.69 Å². The first-order valence-corrected chi connectivity index (χ1v) is 12.0. The summed E-state index contributed by atoms with van der Waals surface area (Å²) in [5.74, 6) is 0.297. The summed E-state index contributed by atoms with van der Waals surface area (Å²) in [5.41, 5.74) is 4.18. The summed E-state index contributed by atoms with van der Waals surface area (Å²) in [7, 11) is 0. The van der Waals surface area contributed by atoms with Gasteiger partial charge in [0.05, 0.1) is 6.10 Å². The van der Waals surface area contributed by atoms with Crippen LogP contribution in [-0.4, -0.2) is 42.5 Å². The van der Waals surface area contributed by atoms with E-state index in [0.717, 1.165) is 41.0 Å². The molecular weight excluding hydrogens is 440 g/mol. The van der Waals surface area contributed by atoms with E-state index < -0.39 is 0 Å². The summed E-state index contributed by atoms with van der Waals surface area (Å²) in [4.78, 5) is 28.3. The van der Waals surface area contributed by atoms with Crippen LogP contribution in [0.1, 0.15) is 39.9 Å². The molecule has 0 aromatic heterocycles. The fourth-order valence-electron chi connectivity index (χ4n) is 4.21. The van der Waals surface area contributed by atoms with E-state index in [1.807, 2.05) is 80.6 Å². The van der Waals surface area contributed by atoms with E-state index >= 15 is 0 Å². The van der Waals surface area contributed by atoms with Gasteiger partial charge in [-0.2, -0.15) is 0 Å². The van der Waals surface area contributed by atoms with Gasteiger partial charge in [0.1, 0.15) is 18.9 Å². The normalized spacial score (nSPS) is 15.0. The average Bonchev–Trinajstić information content (AvgIpc) is 3.39. The average molecular weight is 473 g/mol. The van der Waals surface area contributed by atoms with Crippen LogP contribution >= 0.6 is 0 Å². The van der Waals surface area contributed by atoms with Crippen LogP contribution in [0.15, 0.2) is 72.8 Å². The Morgan fingerprint density at radius 2 is 1.77 bits per heavy atom. The van der Waals surface area contributed by atoms with Crippen LogP contribution in [0, 0.1) is 13.8 Å². The number of amides is 2. The molecule has 35 heavy (non-hydrogen) atoms. The Kier molecular flexibility index (Phi) is 8.16. The molecule has 0 spiro atoms. The zero-order valence-corrected chi connectivity index (χ0v) is 20.3. The van der Waals surface area contributed by atoms with Crippen molar-refractivity contribution in [1.82, 2.24) is 4.90 Å². The monoisotopic (exact) mass is 472 g/mol. The molecule has 3 aromatic rings. The van der Waals surface area contributed by atoms with Crippen molar-refractivity contribution in [3.8, 4) is 5.75 Å². The van der Waals surface area contributed by atoms with E-state index in [-0.39, 0.29) is 31.1 Å². The van der Waals surface area contributed by atoms with Crippen molar-refractivity contribution in [2.24, 2.45) is 0 Å². The van der Waals surface area contributed by atoms with Crippen molar-refractivity contribution in [1.29, 1.82) is 0 Å². The third-order valence-electron chi connectivity index (χ3n) is 6.33. The molecule has 4 rings (SSSR count). The standard InChI is InChI=1S/C29H32N2O4/c1-21-10-8-16-27(22(21)2)30-28(32)19-31(18-25-14-9-17-34-25)29(33)26-15-7-6-11-23(26)20-35-24-12-4-3-5-13-24/h3-8,10-13,15-16,25H,9,14,17-20H2,1-2H3,(H,30,32). The first kappa shape index (κ1) is 24.5. The molecule has 0 saturated carbocycles. The third kappa shape index (κ3) is 6.49. The number of hydrogen-bond donors (Lipinski definition) is 1. The molecule has 182 valence electrons. The predicted molar refractivity (Wildman–Crippen MR) is 137 cm³/mol. The lowest BCUT2D eigenvalue weighted by Crippen LogP contribution is -2.42. The van der Waals surface area contributed by atoms with Crippen LogP contribution in [0.5, 0.6) is 5.75 Å². The minimum atomic E-state index is -0.233. The maximum Gasteiger partial charge on any atom is 0.254 e. The van der Waals surface area contributed by atoms with Gasteiger partial charge in [0, 0.05) is 30.0 Å². The third-order valence-corrected chi connectivity index (χ3v) is 6.33. The summed E-state index contributed by atoms with van der Waals surface area (Å²) in [6.07, 6.45) is 1.77. The number of benzene rings is 3. The minimum absolute atomic E-state index is 0.0556. The number of nitrogens with zero attached hydrogens (tertiary/aromatic N) is 1. The molecule has 3 aromatic carbocycles. The number of para-hydroxylation sites is 1. The molecule has 1 fully saturated rings. The Balaban J connectivity index is 1.51. The lowest BCUT2D eigenvalue weighted by Gasteiger charge is -2.26. The van der Waals surface area contributed by atoms with E-state index in [9.17, 15) is 9.59 Å². The van der Waals surface area contributed by atoms with Gasteiger partial charge in [0.2, 0.25) is 5.91 Å². The van der Waals surface area contributed by atoms with Crippen LogP contribution in [0.3, 0.4) is 0 Å². The number of nitrogens with one attached hydrogen (secondary N) is 1. The van der Waals surface area contributed by atoms with Crippen LogP contribution in [0.2, 0.25) is 0 Å². The molecule has 0 radical (unpaired) electrons. The van der Waals surface area contributed by atoms with Gasteiger partial charge < -0.3 is 19.7 Å². The van der Waals surface area contributed by atoms with Gasteiger partial charge in [-0.1, -0.05) is 48.5 Å².